The van der Waals surface area contributed by atoms with Gasteiger partial charge in [0, 0.05) is 5.56 Å². The lowest BCUT2D eigenvalue weighted by Gasteiger charge is -2.11. The summed E-state index contributed by atoms with van der Waals surface area (Å²) in [4.78, 5) is 20.6. The maximum absolute atomic E-state index is 12.9. The second-order valence-electron chi connectivity index (χ2n) is 6.16. The third-order valence-corrected chi connectivity index (χ3v) is 4.30. The highest BCUT2D eigenvalue weighted by Gasteiger charge is 2.23. The first-order chi connectivity index (χ1) is 12.6. The molecule has 0 saturated heterocycles. The van der Waals surface area contributed by atoms with Gasteiger partial charge in [-0.15, -0.1) is 0 Å². The van der Waals surface area contributed by atoms with E-state index in [9.17, 15) is 4.79 Å². The summed E-state index contributed by atoms with van der Waals surface area (Å²) >= 11 is 0. The standard InChI is InChI=1S/C20H18N4O2/c1-12(19-22-15-10-6-7-11-16(15)23-19)21-20(25)17-13(2)26-24-18(17)14-8-4-3-5-9-14/h3-12H,1-2H3,(H,21,25)(H,22,23)/t12-/m1/s1. The normalized spacial score (nSPS) is 12.2. The van der Waals surface area contributed by atoms with E-state index in [1.54, 1.807) is 6.92 Å². The molecule has 2 aromatic carbocycles. The summed E-state index contributed by atoms with van der Waals surface area (Å²) in [7, 11) is 0. The molecule has 2 N–H and O–H groups in total. The minimum absolute atomic E-state index is 0.240. The maximum atomic E-state index is 12.9. The van der Waals surface area contributed by atoms with Gasteiger partial charge in [0.05, 0.1) is 17.1 Å². The van der Waals surface area contributed by atoms with Crippen molar-refractivity contribution in [2.75, 3.05) is 0 Å². The van der Waals surface area contributed by atoms with Gasteiger partial charge >= 0.3 is 0 Å². The second-order valence-corrected chi connectivity index (χ2v) is 6.16. The van der Waals surface area contributed by atoms with Gasteiger partial charge in [0.25, 0.3) is 5.91 Å². The highest BCUT2D eigenvalue weighted by Crippen LogP contribution is 2.25. The molecule has 6 heteroatoms. The van der Waals surface area contributed by atoms with Crippen molar-refractivity contribution in [3.63, 3.8) is 0 Å². The molecule has 0 aliphatic carbocycles. The Labute approximate surface area is 150 Å². The number of amides is 1. The van der Waals surface area contributed by atoms with Gasteiger partial charge in [0.1, 0.15) is 22.8 Å². The molecule has 0 radical (unpaired) electrons. The smallest absolute Gasteiger partial charge is 0.257 e. The van der Waals surface area contributed by atoms with Crippen LogP contribution in [0.5, 0.6) is 0 Å². The molecule has 4 rings (SSSR count). The third kappa shape index (κ3) is 2.86. The van der Waals surface area contributed by atoms with Gasteiger partial charge in [-0.05, 0) is 26.0 Å². The van der Waals surface area contributed by atoms with Crippen molar-refractivity contribution >= 4 is 16.9 Å². The van der Waals surface area contributed by atoms with Gasteiger partial charge in [0.15, 0.2) is 0 Å². The summed E-state index contributed by atoms with van der Waals surface area (Å²) in [5, 5.41) is 7.04. The number of imidazole rings is 1. The number of H-pyrrole nitrogens is 1. The van der Waals surface area contributed by atoms with Crippen LogP contribution in [0.4, 0.5) is 0 Å². The molecule has 0 bridgehead atoms. The Kier molecular flexibility index (Phi) is 4.01. The summed E-state index contributed by atoms with van der Waals surface area (Å²) < 4.78 is 5.27. The van der Waals surface area contributed by atoms with Crippen molar-refractivity contribution in [3.05, 3.63) is 71.7 Å². The molecule has 1 amide bonds. The number of nitrogens with zero attached hydrogens (tertiary/aromatic N) is 2. The maximum Gasteiger partial charge on any atom is 0.257 e. The van der Waals surface area contributed by atoms with E-state index in [0.29, 0.717) is 22.8 Å². The van der Waals surface area contributed by atoms with Crippen LogP contribution < -0.4 is 5.32 Å². The van der Waals surface area contributed by atoms with Crippen molar-refractivity contribution in [2.24, 2.45) is 0 Å². The number of para-hydroxylation sites is 2. The van der Waals surface area contributed by atoms with Gasteiger partial charge in [-0.1, -0.05) is 47.6 Å². The number of carbonyl (C=O) groups excluding carboxylic acids is 1. The Hall–Kier alpha value is -3.41. The second kappa shape index (κ2) is 6.48. The summed E-state index contributed by atoms with van der Waals surface area (Å²) in [6.45, 7) is 3.63. The van der Waals surface area contributed by atoms with E-state index in [2.05, 4.69) is 20.4 Å². The predicted molar refractivity (Wildman–Crippen MR) is 98.7 cm³/mol. The number of rotatable bonds is 4. The molecule has 2 heterocycles. The molecule has 0 aliphatic heterocycles. The number of fused-ring (bicyclic) bond motifs is 1. The number of hydrogen-bond donors (Lipinski definition) is 2. The Morgan fingerprint density at radius 2 is 1.85 bits per heavy atom. The van der Waals surface area contributed by atoms with Crippen molar-refractivity contribution in [3.8, 4) is 11.3 Å². The zero-order valence-corrected chi connectivity index (χ0v) is 14.5. The van der Waals surface area contributed by atoms with Gasteiger partial charge in [-0.3, -0.25) is 4.79 Å². The average molecular weight is 346 g/mol. The van der Waals surface area contributed by atoms with Crippen LogP contribution in [-0.4, -0.2) is 21.0 Å². The van der Waals surface area contributed by atoms with Crippen LogP contribution in [0.3, 0.4) is 0 Å². The molecule has 0 unspecified atom stereocenters. The topological polar surface area (TPSA) is 83.8 Å². The molecule has 6 nitrogen and oxygen atoms in total. The van der Waals surface area contributed by atoms with Crippen LogP contribution in [0.15, 0.2) is 59.1 Å². The minimum Gasteiger partial charge on any atom is -0.360 e. The van der Waals surface area contributed by atoms with Crippen LogP contribution in [0.25, 0.3) is 22.3 Å². The number of aryl methyl sites for hydroxylation is 1. The van der Waals surface area contributed by atoms with Crippen LogP contribution in [0.2, 0.25) is 0 Å². The molecular weight excluding hydrogens is 328 g/mol. The Morgan fingerprint density at radius 1 is 1.12 bits per heavy atom. The highest BCUT2D eigenvalue weighted by atomic mass is 16.5. The lowest BCUT2D eigenvalue weighted by molar-refractivity contribution is 0.0937. The van der Waals surface area contributed by atoms with E-state index in [0.717, 1.165) is 16.6 Å². The van der Waals surface area contributed by atoms with Crippen molar-refractivity contribution < 1.29 is 9.32 Å². The SMILES string of the molecule is Cc1onc(-c2ccccc2)c1C(=O)N[C@H](C)c1nc2ccccc2[nH]1. The number of nitrogens with one attached hydrogen (secondary N) is 2. The average Bonchev–Trinajstić information content (AvgIpc) is 3.26. The monoisotopic (exact) mass is 346 g/mol. The van der Waals surface area contributed by atoms with Crippen molar-refractivity contribution in [1.29, 1.82) is 0 Å². The summed E-state index contributed by atoms with van der Waals surface area (Å²) in [6, 6.07) is 17.0. The quantitative estimate of drug-likeness (QED) is 0.584. The Bertz CT molecular complexity index is 1030. The van der Waals surface area contributed by atoms with Crippen LogP contribution >= 0.6 is 0 Å². The van der Waals surface area contributed by atoms with E-state index in [4.69, 9.17) is 4.52 Å². The summed E-state index contributed by atoms with van der Waals surface area (Å²) in [6.07, 6.45) is 0. The summed E-state index contributed by atoms with van der Waals surface area (Å²) in [5.41, 5.74) is 3.63. The molecule has 4 aromatic rings. The van der Waals surface area contributed by atoms with E-state index in [-0.39, 0.29) is 11.9 Å². The van der Waals surface area contributed by atoms with E-state index in [1.807, 2.05) is 61.5 Å². The first-order valence-corrected chi connectivity index (χ1v) is 8.40. The minimum atomic E-state index is -0.284. The number of aromatic amines is 1. The fourth-order valence-electron chi connectivity index (χ4n) is 2.95. The number of benzene rings is 2. The molecule has 0 aliphatic rings. The van der Waals surface area contributed by atoms with Gasteiger partial charge in [-0.2, -0.15) is 0 Å². The number of hydrogen-bond acceptors (Lipinski definition) is 4. The van der Waals surface area contributed by atoms with Crippen LogP contribution in [0, 0.1) is 6.92 Å². The Balaban J connectivity index is 1.61. The molecule has 26 heavy (non-hydrogen) atoms. The molecule has 0 spiro atoms. The number of aromatic nitrogens is 3. The molecular formula is C20H18N4O2. The molecule has 0 saturated carbocycles. The van der Waals surface area contributed by atoms with Gasteiger partial charge in [0.2, 0.25) is 0 Å². The highest BCUT2D eigenvalue weighted by molar-refractivity contribution is 6.01. The van der Waals surface area contributed by atoms with Gasteiger partial charge in [-0.25, -0.2) is 4.98 Å². The molecule has 0 fully saturated rings. The number of carbonyl (C=O) groups is 1. The molecule has 130 valence electrons. The first-order valence-electron chi connectivity index (χ1n) is 8.40. The van der Waals surface area contributed by atoms with Crippen LogP contribution in [-0.2, 0) is 0 Å². The largest absolute Gasteiger partial charge is 0.360 e. The first kappa shape index (κ1) is 16.1. The molecule has 1 atom stereocenters. The zero-order chi connectivity index (χ0) is 18.1. The van der Waals surface area contributed by atoms with E-state index >= 15 is 0 Å². The lowest BCUT2D eigenvalue weighted by atomic mass is 10.1. The van der Waals surface area contributed by atoms with Crippen molar-refractivity contribution in [2.45, 2.75) is 19.9 Å². The lowest BCUT2D eigenvalue weighted by Crippen LogP contribution is -2.28. The zero-order valence-electron chi connectivity index (χ0n) is 14.5. The summed E-state index contributed by atoms with van der Waals surface area (Å²) in [5.74, 6) is 0.948. The van der Waals surface area contributed by atoms with E-state index < -0.39 is 0 Å². The Morgan fingerprint density at radius 3 is 2.62 bits per heavy atom. The molecule has 2 aromatic heterocycles. The van der Waals surface area contributed by atoms with Gasteiger partial charge < -0.3 is 14.8 Å². The van der Waals surface area contributed by atoms with E-state index in [1.165, 1.54) is 0 Å². The third-order valence-electron chi connectivity index (χ3n) is 4.30. The van der Waals surface area contributed by atoms with Crippen LogP contribution in [0.1, 0.15) is 34.9 Å². The van der Waals surface area contributed by atoms with Crippen molar-refractivity contribution in [1.82, 2.24) is 20.4 Å². The fourth-order valence-corrected chi connectivity index (χ4v) is 2.95. The predicted octanol–water partition coefficient (Wildman–Crippen LogP) is 4.02. The fraction of sp³-hybridized carbons (Fsp3) is 0.150.